The standard InChI is InChI=1S/C7H16N2OS/c1-6(5-10)11-4-2-3-7(8)9/h6,10H,2-5H2,1H3,(H3,8,9). The van der Waals surface area contributed by atoms with Crippen LogP contribution in [0.1, 0.15) is 19.8 Å². The van der Waals surface area contributed by atoms with Crippen molar-refractivity contribution in [3.8, 4) is 0 Å². The molecular weight excluding hydrogens is 160 g/mol. The molecular formula is C7H16N2OS. The number of thioether (sulfide) groups is 1. The minimum atomic E-state index is 0.227. The second-order valence-electron chi connectivity index (χ2n) is 2.49. The van der Waals surface area contributed by atoms with Crippen LogP contribution in [0.3, 0.4) is 0 Å². The molecule has 0 amide bonds. The fraction of sp³-hybridized carbons (Fsp3) is 0.857. The van der Waals surface area contributed by atoms with Gasteiger partial charge < -0.3 is 10.8 Å². The van der Waals surface area contributed by atoms with Gasteiger partial charge in [0, 0.05) is 11.7 Å². The van der Waals surface area contributed by atoms with Crippen LogP contribution in [0, 0.1) is 5.41 Å². The number of hydrogen-bond donors (Lipinski definition) is 3. The van der Waals surface area contributed by atoms with Crippen molar-refractivity contribution in [2.75, 3.05) is 12.4 Å². The van der Waals surface area contributed by atoms with Crippen LogP contribution in [-0.4, -0.2) is 28.6 Å². The van der Waals surface area contributed by atoms with Crippen LogP contribution in [0.5, 0.6) is 0 Å². The number of aliphatic hydroxyl groups is 1. The Kier molecular flexibility index (Phi) is 6.36. The Bertz CT molecular complexity index is 119. The summed E-state index contributed by atoms with van der Waals surface area (Å²) in [6.07, 6.45) is 1.61. The zero-order valence-corrected chi connectivity index (χ0v) is 7.66. The third-order valence-electron chi connectivity index (χ3n) is 1.25. The number of rotatable bonds is 6. The van der Waals surface area contributed by atoms with Gasteiger partial charge >= 0.3 is 0 Å². The van der Waals surface area contributed by atoms with Crippen LogP contribution in [-0.2, 0) is 0 Å². The fourth-order valence-corrected chi connectivity index (χ4v) is 1.42. The zero-order valence-electron chi connectivity index (χ0n) is 6.84. The van der Waals surface area contributed by atoms with Crippen molar-refractivity contribution in [1.82, 2.24) is 0 Å². The van der Waals surface area contributed by atoms with Gasteiger partial charge in [-0.25, -0.2) is 0 Å². The van der Waals surface area contributed by atoms with Crippen molar-refractivity contribution in [3.63, 3.8) is 0 Å². The average Bonchev–Trinajstić information content (AvgIpc) is 1.97. The van der Waals surface area contributed by atoms with Crippen LogP contribution in [0.15, 0.2) is 0 Å². The lowest BCUT2D eigenvalue weighted by molar-refractivity contribution is 0.300. The molecule has 4 heteroatoms. The smallest absolute Gasteiger partial charge is 0.0905 e. The second kappa shape index (κ2) is 6.49. The first kappa shape index (κ1) is 10.8. The van der Waals surface area contributed by atoms with Gasteiger partial charge in [-0.1, -0.05) is 6.92 Å². The number of nitrogens with two attached hydrogens (primary N) is 1. The summed E-state index contributed by atoms with van der Waals surface area (Å²) in [6, 6.07) is 0. The molecule has 0 aliphatic heterocycles. The lowest BCUT2D eigenvalue weighted by atomic mass is 10.3. The van der Waals surface area contributed by atoms with Gasteiger partial charge in [0.25, 0.3) is 0 Å². The molecule has 1 unspecified atom stereocenters. The van der Waals surface area contributed by atoms with Crippen molar-refractivity contribution < 1.29 is 5.11 Å². The van der Waals surface area contributed by atoms with Crippen molar-refractivity contribution in [1.29, 1.82) is 5.41 Å². The molecule has 11 heavy (non-hydrogen) atoms. The molecule has 0 heterocycles. The molecule has 4 N–H and O–H groups in total. The molecule has 0 aromatic carbocycles. The summed E-state index contributed by atoms with van der Waals surface area (Å²) in [6.45, 7) is 2.21. The Balaban J connectivity index is 3.08. The highest BCUT2D eigenvalue weighted by atomic mass is 32.2. The monoisotopic (exact) mass is 176 g/mol. The van der Waals surface area contributed by atoms with Crippen LogP contribution in [0.4, 0.5) is 0 Å². The number of hydrogen-bond acceptors (Lipinski definition) is 3. The molecule has 1 atom stereocenters. The van der Waals surface area contributed by atoms with Gasteiger partial charge in [-0.3, -0.25) is 5.41 Å². The summed E-state index contributed by atoms with van der Waals surface area (Å²) >= 11 is 1.72. The summed E-state index contributed by atoms with van der Waals surface area (Å²) in [4.78, 5) is 0. The van der Waals surface area contributed by atoms with Crippen LogP contribution < -0.4 is 5.73 Å². The molecule has 0 radical (unpaired) electrons. The summed E-state index contributed by atoms with van der Waals surface area (Å²) in [5, 5.41) is 15.9. The SMILES string of the molecule is CC(CO)SCCCC(=N)N. The summed E-state index contributed by atoms with van der Waals surface area (Å²) in [5.74, 6) is 1.23. The molecule has 0 rings (SSSR count). The van der Waals surface area contributed by atoms with Crippen molar-refractivity contribution >= 4 is 17.6 Å². The maximum absolute atomic E-state index is 8.66. The molecule has 3 nitrogen and oxygen atoms in total. The van der Waals surface area contributed by atoms with E-state index in [4.69, 9.17) is 16.2 Å². The Morgan fingerprint density at radius 2 is 2.36 bits per heavy atom. The average molecular weight is 176 g/mol. The summed E-state index contributed by atoms with van der Waals surface area (Å²) < 4.78 is 0. The van der Waals surface area contributed by atoms with E-state index in [1.165, 1.54) is 0 Å². The fourth-order valence-electron chi connectivity index (χ4n) is 0.600. The highest BCUT2D eigenvalue weighted by Gasteiger charge is 1.99. The van der Waals surface area contributed by atoms with Crippen LogP contribution >= 0.6 is 11.8 Å². The summed E-state index contributed by atoms with van der Waals surface area (Å²) in [5.41, 5.74) is 5.17. The van der Waals surface area contributed by atoms with Gasteiger partial charge in [-0.15, -0.1) is 0 Å². The maximum atomic E-state index is 8.66. The van der Waals surface area contributed by atoms with Crippen LogP contribution in [0.2, 0.25) is 0 Å². The molecule has 0 spiro atoms. The highest BCUT2D eigenvalue weighted by Crippen LogP contribution is 2.11. The van der Waals surface area contributed by atoms with E-state index < -0.39 is 0 Å². The predicted octanol–water partition coefficient (Wildman–Crippen LogP) is 0.817. The molecule has 0 aromatic heterocycles. The van der Waals surface area contributed by atoms with E-state index in [1.807, 2.05) is 6.92 Å². The molecule has 0 aromatic rings. The number of nitrogens with one attached hydrogen (secondary N) is 1. The zero-order chi connectivity index (χ0) is 8.69. The molecule has 0 bridgehead atoms. The Morgan fingerprint density at radius 1 is 1.73 bits per heavy atom. The lowest BCUT2D eigenvalue weighted by Gasteiger charge is -2.05. The minimum absolute atomic E-state index is 0.227. The van der Waals surface area contributed by atoms with E-state index in [0.29, 0.717) is 11.7 Å². The molecule has 0 saturated carbocycles. The van der Waals surface area contributed by atoms with E-state index >= 15 is 0 Å². The number of amidine groups is 1. The van der Waals surface area contributed by atoms with Gasteiger partial charge in [0.05, 0.1) is 12.4 Å². The lowest BCUT2D eigenvalue weighted by Crippen LogP contribution is -2.10. The molecule has 66 valence electrons. The maximum Gasteiger partial charge on any atom is 0.0905 e. The van der Waals surface area contributed by atoms with E-state index in [2.05, 4.69) is 0 Å². The molecule has 0 aliphatic carbocycles. The first-order valence-corrected chi connectivity index (χ1v) is 4.77. The second-order valence-corrected chi connectivity index (χ2v) is 4.04. The molecule has 0 fully saturated rings. The van der Waals surface area contributed by atoms with E-state index in [1.54, 1.807) is 11.8 Å². The molecule has 0 aliphatic rings. The first-order chi connectivity index (χ1) is 5.16. The quantitative estimate of drug-likeness (QED) is 0.319. The Hall–Kier alpha value is -0.220. The van der Waals surface area contributed by atoms with Gasteiger partial charge in [0.15, 0.2) is 0 Å². The van der Waals surface area contributed by atoms with E-state index in [9.17, 15) is 0 Å². The van der Waals surface area contributed by atoms with Crippen molar-refractivity contribution in [2.45, 2.75) is 25.0 Å². The third kappa shape index (κ3) is 7.68. The largest absolute Gasteiger partial charge is 0.395 e. The minimum Gasteiger partial charge on any atom is -0.395 e. The van der Waals surface area contributed by atoms with Crippen LogP contribution in [0.25, 0.3) is 0 Å². The van der Waals surface area contributed by atoms with E-state index in [0.717, 1.165) is 12.2 Å². The topological polar surface area (TPSA) is 70.1 Å². The third-order valence-corrected chi connectivity index (χ3v) is 2.49. The Morgan fingerprint density at radius 3 is 2.82 bits per heavy atom. The highest BCUT2D eigenvalue weighted by molar-refractivity contribution is 7.99. The normalized spacial score (nSPS) is 12.9. The van der Waals surface area contributed by atoms with Gasteiger partial charge in [0.1, 0.15) is 0 Å². The van der Waals surface area contributed by atoms with E-state index in [-0.39, 0.29) is 12.4 Å². The number of aliphatic hydroxyl groups excluding tert-OH is 1. The van der Waals surface area contributed by atoms with Crippen molar-refractivity contribution in [3.05, 3.63) is 0 Å². The Labute approximate surface area is 71.9 Å². The van der Waals surface area contributed by atoms with Gasteiger partial charge in [0.2, 0.25) is 0 Å². The van der Waals surface area contributed by atoms with Crippen molar-refractivity contribution in [2.24, 2.45) is 5.73 Å². The first-order valence-electron chi connectivity index (χ1n) is 3.72. The van der Waals surface area contributed by atoms with Gasteiger partial charge in [-0.2, -0.15) is 11.8 Å². The predicted molar refractivity (Wildman–Crippen MR) is 50.2 cm³/mol. The molecule has 0 saturated heterocycles. The summed E-state index contributed by atoms with van der Waals surface area (Å²) in [7, 11) is 0. The van der Waals surface area contributed by atoms with Gasteiger partial charge in [-0.05, 0) is 12.2 Å².